The van der Waals surface area contributed by atoms with E-state index >= 15 is 0 Å². The van der Waals surface area contributed by atoms with Crippen LogP contribution in [0.3, 0.4) is 0 Å². The van der Waals surface area contributed by atoms with E-state index in [4.69, 9.17) is 0 Å². The molecule has 0 fully saturated rings. The highest BCUT2D eigenvalue weighted by atomic mass is 32.2. The van der Waals surface area contributed by atoms with Crippen molar-refractivity contribution in [2.24, 2.45) is 0 Å². The number of hydrogen-bond donors (Lipinski definition) is 1. The maximum Gasteiger partial charge on any atom is 0.279 e. The van der Waals surface area contributed by atoms with Crippen molar-refractivity contribution < 1.29 is 4.79 Å². The molecule has 0 bridgehead atoms. The summed E-state index contributed by atoms with van der Waals surface area (Å²) < 4.78 is 2.53. The number of nitrogens with zero attached hydrogens (tertiary/aromatic N) is 5. The van der Waals surface area contributed by atoms with Gasteiger partial charge < -0.3 is 0 Å². The summed E-state index contributed by atoms with van der Waals surface area (Å²) in [7, 11) is 0. The van der Waals surface area contributed by atoms with E-state index < -0.39 is 0 Å². The summed E-state index contributed by atoms with van der Waals surface area (Å²) in [6.45, 7) is 6.06. The third-order valence-electron chi connectivity index (χ3n) is 3.36. The predicted molar refractivity (Wildman–Crippen MR) is 99.7 cm³/mol. The lowest BCUT2D eigenvalue weighted by molar-refractivity contribution is 0.102. The van der Waals surface area contributed by atoms with Gasteiger partial charge in [0.2, 0.25) is 5.13 Å². The van der Waals surface area contributed by atoms with Crippen LogP contribution in [-0.2, 0) is 0 Å². The number of thioether (sulfide) groups is 1. The van der Waals surface area contributed by atoms with Crippen molar-refractivity contribution in [1.29, 1.82) is 0 Å². The standard InChI is InChI=1S/C16H18N6OS2/c1-4-24-16-20-19-15(25-16)17-14(23)12-13(10(2)3)22(21-18-12)11-8-6-5-7-9-11/h5-10H,4H2,1-3H3,(H,17,19,23). The average Bonchev–Trinajstić information content (AvgIpc) is 3.23. The van der Waals surface area contributed by atoms with Gasteiger partial charge in [-0.2, -0.15) is 0 Å². The summed E-state index contributed by atoms with van der Waals surface area (Å²) in [4.78, 5) is 12.7. The fourth-order valence-electron chi connectivity index (χ4n) is 2.33. The number of carbonyl (C=O) groups is 1. The Labute approximate surface area is 153 Å². The molecule has 0 aliphatic heterocycles. The molecular formula is C16H18N6OS2. The third-order valence-corrected chi connectivity index (χ3v) is 5.22. The Morgan fingerprint density at radius 2 is 2.00 bits per heavy atom. The van der Waals surface area contributed by atoms with Gasteiger partial charge in [-0.15, -0.1) is 15.3 Å². The Kier molecular flexibility index (Phi) is 5.44. The molecule has 25 heavy (non-hydrogen) atoms. The molecule has 130 valence electrons. The van der Waals surface area contributed by atoms with Crippen LogP contribution >= 0.6 is 23.1 Å². The van der Waals surface area contributed by atoms with Gasteiger partial charge in [-0.3, -0.25) is 10.1 Å². The molecule has 0 saturated carbocycles. The molecular weight excluding hydrogens is 356 g/mol. The van der Waals surface area contributed by atoms with Crippen LogP contribution in [0.1, 0.15) is 42.9 Å². The Hall–Kier alpha value is -2.26. The summed E-state index contributed by atoms with van der Waals surface area (Å²) in [5, 5.41) is 19.6. The summed E-state index contributed by atoms with van der Waals surface area (Å²) in [6, 6.07) is 9.65. The van der Waals surface area contributed by atoms with E-state index in [1.54, 1.807) is 16.4 Å². The van der Waals surface area contributed by atoms with Crippen LogP contribution in [0.2, 0.25) is 0 Å². The first-order valence-electron chi connectivity index (χ1n) is 7.88. The summed E-state index contributed by atoms with van der Waals surface area (Å²) in [5.74, 6) is 0.664. The van der Waals surface area contributed by atoms with Crippen LogP contribution in [0.4, 0.5) is 5.13 Å². The van der Waals surface area contributed by atoms with Crippen LogP contribution in [0.15, 0.2) is 34.7 Å². The Bertz CT molecular complexity index is 859. The van der Waals surface area contributed by atoms with Gasteiger partial charge >= 0.3 is 0 Å². The zero-order valence-corrected chi connectivity index (χ0v) is 15.8. The molecule has 0 radical (unpaired) electrons. The van der Waals surface area contributed by atoms with E-state index in [1.807, 2.05) is 51.1 Å². The molecule has 0 saturated heterocycles. The SMILES string of the molecule is CCSc1nnc(NC(=O)c2nnn(-c3ccccc3)c2C(C)C)s1. The summed E-state index contributed by atoms with van der Waals surface area (Å²) in [5.41, 5.74) is 1.94. The number of benzene rings is 1. The number of rotatable bonds is 6. The Balaban J connectivity index is 1.88. The molecule has 0 aliphatic carbocycles. The largest absolute Gasteiger partial charge is 0.295 e. The van der Waals surface area contributed by atoms with Crippen LogP contribution < -0.4 is 5.32 Å². The van der Waals surface area contributed by atoms with Crippen molar-refractivity contribution in [3.8, 4) is 5.69 Å². The number of nitrogens with one attached hydrogen (secondary N) is 1. The van der Waals surface area contributed by atoms with E-state index in [2.05, 4.69) is 25.8 Å². The maximum atomic E-state index is 12.7. The minimum absolute atomic E-state index is 0.0802. The first kappa shape index (κ1) is 17.6. The van der Waals surface area contributed by atoms with E-state index in [0.717, 1.165) is 21.5 Å². The van der Waals surface area contributed by atoms with Gasteiger partial charge in [-0.1, -0.05) is 67.3 Å². The molecule has 1 aromatic carbocycles. The number of hydrogen-bond acceptors (Lipinski definition) is 7. The number of anilines is 1. The zero-order valence-electron chi connectivity index (χ0n) is 14.1. The van der Waals surface area contributed by atoms with Gasteiger partial charge in [-0.25, -0.2) is 4.68 Å². The van der Waals surface area contributed by atoms with E-state index in [9.17, 15) is 4.79 Å². The van der Waals surface area contributed by atoms with Gasteiger partial charge in [-0.05, 0) is 23.8 Å². The average molecular weight is 374 g/mol. The van der Waals surface area contributed by atoms with Crippen molar-refractivity contribution in [2.75, 3.05) is 11.1 Å². The quantitative estimate of drug-likeness (QED) is 0.524. The minimum atomic E-state index is -0.324. The second kappa shape index (κ2) is 7.75. The van der Waals surface area contributed by atoms with Gasteiger partial charge in [0.1, 0.15) is 0 Å². The van der Waals surface area contributed by atoms with Gasteiger partial charge in [0.15, 0.2) is 10.0 Å². The lowest BCUT2D eigenvalue weighted by atomic mass is 10.1. The molecule has 0 spiro atoms. The Morgan fingerprint density at radius 3 is 2.68 bits per heavy atom. The molecule has 0 unspecified atom stereocenters. The van der Waals surface area contributed by atoms with E-state index in [-0.39, 0.29) is 11.8 Å². The molecule has 2 heterocycles. The van der Waals surface area contributed by atoms with Crippen molar-refractivity contribution in [3.05, 3.63) is 41.7 Å². The second-order valence-electron chi connectivity index (χ2n) is 5.49. The number of carbonyl (C=O) groups excluding carboxylic acids is 1. The highest BCUT2D eigenvalue weighted by Crippen LogP contribution is 2.26. The first-order chi connectivity index (χ1) is 12.1. The maximum absolute atomic E-state index is 12.7. The van der Waals surface area contributed by atoms with Crippen molar-refractivity contribution in [3.63, 3.8) is 0 Å². The fourth-order valence-corrected chi connectivity index (χ4v) is 3.97. The molecule has 0 aliphatic rings. The predicted octanol–water partition coefficient (Wildman–Crippen LogP) is 3.61. The molecule has 3 aromatic rings. The minimum Gasteiger partial charge on any atom is -0.295 e. The summed E-state index contributed by atoms with van der Waals surface area (Å²) >= 11 is 2.94. The van der Waals surface area contributed by atoms with Crippen LogP contribution in [0.5, 0.6) is 0 Å². The molecule has 2 aromatic heterocycles. The lowest BCUT2D eigenvalue weighted by Crippen LogP contribution is -2.16. The van der Waals surface area contributed by atoms with Gasteiger partial charge in [0.25, 0.3) is 5.91 Å². The van der Waals surface area contributed by atoms with Crippen molar-refractivity contribution in [2.45, 2.75) is 31.0 Å². The molecule has 3 rings (SSSR count). The second-order valence-corrected chi connectivity index (χ2v) is 7.97. The smallest absolute Gasteiger partial charge is 0.279 e. The van der Waals surface area contributed by atoms with Crippen molar-refractivity contribution >= 4 is 34.1 Å². The monoisotopic (exact) mass is 374 g/mol. The molecule has 9 heteroatoms. The number of para-hydroxylation sites is 1. The van der Waals surface area contributed by atoms with Gasteiger partial charge in [0, 0.05) is 0 Å². The van der Waals surface area contributed by atoms with E-state index in [0.29, 0.717) is 10.8 Å². The zero-order chi connectivity index (χ0) is 17.8. The normalized spacial score (nSPS) is 11.0. The van der Waals surface area contributed by atoms with Crippen LogP contribution in [-0.4, -0.2) is 36.9 Å². The fraction of sp³-hybridized carbons (Fsp3) is 0.312. The number of amides is 1. The molecule has 0 atom stereocenters. The van der Waals surface area contributed by atoms with E-state index in [1.165, 1.54) is 11.3 Å². The number of aromatic nitrogens is 5. The first-order valence-corrected chi connectivity index (χ1v) is 9.69. The molecule has 1 N–H and O–H groups in total. The highest BCUT2D eigenvalue weighted by Gasteiger charge is 2.23. The third kappa shape index (κ3) is 3.88. The van der Waals surface area contributed by atoms with Crippen molar-refractivity contribution in [1.82, 2.24) is 25.2 Å². The lowest BCUT2D eigenvalue weighted by Gasteiger charge is -2.10. The van der Waals surface area contributed by atoms with Gasteiger partial charge in [0.05, 0.1) is 11.4 Å². The van der Waals surface area contributed by atoms with Crippen LogP contribution in [0.25, 0.3) is 5.69 Å². The molecule has 7 nitrogen and oxygen atoms in total. The topological polar surface area (TPSA) is 85.6 Å². The Morgan fingerprint density at radius 1 is 1.24 bits per heavy atom. The molecule has 1 amide bonds. The summed E-state index contributed by atoms with van der Waals surface area (Å²) in [6.07, 6.45) is 0. The highest BCUT2D eigenvalue weighted by molar-refractivity contribution is 8.01. The van der Waals surface area contributed by atoms with Crippen LogP contribution in [0, 0.1) is 0 Å².